The van der Waals surface area contributed by atoms with Gasteiger partial charge in [0, 0.05) is 58.0 Å². The molecule has 1 amide bonds. The van der Waals surface area contributed by atoms with Crippen LogP contribution in [0.15, 0.2) is 79.6 Å². The summed E-state index contributed by atoms with van der Waals surface area (Å²) in [6, 6.07) is 16.2. The maximum absolute atomic E-state index is 11.6. The van der Waals surface area contributed by atoms with Gasteiger partial charge in [-0.1, -0.05) is 53.3 Å². The van der Waals surface area contributed by atoms with Gasteiger partial charge < -0.3 is 44.9 Å². The third kappa shape index (κ3) is 6.35. The van der Waals surface area contributed by atoms with Crippen molar-refractivity contribution >= 4 is 70.5 Å². The monoisotopic (exact) mass is 620 g/mol. The summed E-state index contributed by atoms with van der Waals surface area (Å²) in [4.78, 5) is 24.8. The highest BCUT2D eigenvalue weighted by Gasteiger charge is 2.26. The van der Waals surface area contributed by atoms with Crippen molar-refractivity contribution in [3.05, 3.63) is 90.8 Å². The Morgan fingerprint density at radius 3 is 2.11 bits per heavy atom. The van der Waals surface area contributed by atoms with Crippen LogP contribution in [0.3, 0.4) is 0 Å². The van der Waals surface area contributed by atoms with Crippen molar-refractivity contribution in [3.8, 4) is 0 Å². The minimum Gasteiger partial charge on any atom is -0.423 e. The predicted octanol–water partition coefficient (Wildman–Crippen LogP) is -0.179. The summed E-state index contributed by atoms with van der Waals surface area (Å²) in [6.45, 7) is 2.39. The second kappa shape index (κ2) is 12.9. The molecule has 46 heavy (non-hydrogen) atoms. The molecular weight excluding hydrogens is 588 g/mol. The van der Waals surface area contributed by atoms with E-state index in [0.717, 1.165) is 22.2 Å². The van der Waals surface area contributed by atoms with Gasteiger partial charge in [-0.15, -0.1) is 0 Å². The van der Waals surface area contributed by atoms with E-state index in [1.54, 1.807) is 30.5 Å². The minimum absolute atomic E-state index is 0.176. The van der Waals surface area contributed by atoms with Crippen molar-refractivity contribution in [2.75, 3.05) is 16.0 Å². The molecule has 0 saturated heterocycles. The zero-order valence-electron chi connectivity index (χ0n) is 25.4. The van der Waals surface area contributed by atoms with Crippen LogP contribution in [0, 0.1) is 0 Å². The van der Waals surface area contributed by atoms with E-state index >= 15 is 0 Å². The summed E-state index contributed by atoms with van der Waals surface area (Å²) in [5.41, 5.74) is 6.39. The van der Waals surface area contributed by atoms with Gasteiger partial charge in [-0.25, -0.2) is 9.97 Å². The Morgan fingerprint density at radius 2 is 1.48 bits per heavy atom. The number of carbonyl (C=O) groups excluding carboxylic acids is 1. The van der Waals surface area contributed by atoms with Crippen LogP contribution in [0.1, 0.15) is 18.1 Å². The van der Waals surface area contributed by atoms with Gasteiger partial charge in [-0.3, -0.25) is 4.79 Å². The zero-order chi connectivity index (χ0) is 32.4. The number of carbonyl (C=O) groups is 1. The number of amides is 1. The molecule has 6 aromatic rings. The predicted molar refractivity (Wildman–Crippen MR) is 175 cm³/mol. The molecule has 0 aliphatic carbocycles. The molecule has 14 nitrogen and oxygen atoms in total. The lowest BCUT2D eigenvalue weighted by Crippen LogP contribution is -2.55. The number of nitrogens with zero attached hydrogens (tertiary/aromatic N) is 6. The molecule has 0 unspecified atom stereocenters. The molecule has 0 atom stereocenters. The standard InChI is InChI=1S/C30H31B2N9O5/c1-19(42)38-24-16-40(3)28-26(24)35-17-36-30(28)34-15-21-6-10-23(11-7-21)32(45)46-41-18-37-29(27-25(41)12-13-39(27)2)33-14-20-4-8-22(9-5-20)31(43)44/h4-13,16-18,43-45H,14-15H2,1-3H3,(H2,34,35,36,38,42)/p+1. The lowest BCUT2D eigenvalue weighted by molar-refractivity contribution is -0.844. The first-order valence-electron chi connectivity index (χ1n) is 14.5. The molecule has 0 saturated carbocycles. The second-order valence-corrected chi connectivity index (χ2v) is 10.9. The lowest BCUT2D eigenvalue weighted by Gasteiger charge is -2.11. The summed E-state index contributed by atoms with van der Waals surface area (Å²) >= 11 is 0. The van der Waals surface area contributed by atoms with Crippen LogP contribution in [0.25, 0.3) is 22.1 Å². The van der Waals surface area contributed by atoms with E-state index in [9.17, 15) is 19.9 Å². The second-order valence-electron chi connectivity index (χ2n) is 10.9. The summed E-state index contributed by atoms with van der Waals surface area (Å²) < 4.78 is 11.1. The Labute approximate surface area is 264 Å². The fraction of sp³-hybridized carbons (Fsp3) is 0.167. The quantitative estimate of drug-likeness (QED) is 0.0843. The van der Waals surface area contributed by atoms with Gasteiger partial charge in [0.1, 0.15) is 17.4 Å². The number of benzene rings is 2. The van der Waals surface area contributed by atoms with E-state index in [4.69, 9.17) is 4.76 Å². The largest absolute Gasteiger partial charge is 0.609 e. The fourth-order valence-corrected chi connectivity index (χ4v) is 5.22. The van der Waals surface area contributed by atoms with Crippen molar-refractivity contribution in [2.24, 2.45) is 14.1 Å². The van der Waals surface area contributed by atoms with Crippen molar-refractivity contribution in [3.63, 3.8) is 0 Å². The van der Waals surface area contributed by atoms with Crippen molar-refractivity contribution in [2.45, 2.75) is 20.0 Å². The van der Waals surface area contributed by atoms with Crippen LogP contribution in [-0.4, -0.2) is 59.3 Å². The van der Waals surface area contributed by atoms with E-state index in [2.05, 4.69) is 30.9 Å². The number of fused-ring (bicyclic) bond motifs is 2. The number of anilines is 3. The zero-order valence-corrected chi connectivity index (χ0v) is 25.4. The molecule has 4 aromatic heterocycles. The number of hydrogen-bond donors (Lipinski definition) is 6. The Hall–Kier alpha value is -5.44. The van der Waals surface area contributed by atoms with Gasteiger partial charge in [0.25, 0.3) is 5.82 Å². The maximum Gasteiger partial charge on any atom is 0.609 e. The smallest absolute Gasteiger partial charge is 0.423 e. The molecule has 0 spiro atoms. The van der Waals surface area contributed by atoms with E-state index in [1.807, 2.05) is 59.8 Å². The first-order valence-corrected chi connectivity index (χ1v) is 14.5. The third-order valence-electron chi connectivity index (χ3n) is 7.54. The molecule has 0 fully saturated rings. The van der Waals surface area contributed by atoms with E-state index in [1.165, 1.54) is 24.3 Å². The first-order chi connectivity index (χ1) is 22.2. The number of rotatable bonds is 11. The van der Waals surface area contributed by atoms with Crippen LogP contribution in [0.5, 0.6) is 0 Å². The van der Waals surface area contributed by atoms with E-state index < -0.39 is 14.2 Å². The van der Waals surface area contributed by atoms with Crippen LogP contribution in [0.2, 0.25) is 0 Å². The molecule has 6 N–H and O–H groups in total. The summed E-state index contributed by atoms with van der Waals surface area (Å²) in [5, 5.41) is 39.0. The lowest BCUT2D eigenvalue weighted by atomic mass is 9.80. The van der Waals surface area contributed by atoms with Crippen LogP contribution < -0.4 is 36.4 Å². The number of nitrogens with one attached hydrogen (secondary N) is 3. The van der Waals surface area contributed by atoms with Gasteiger partial charge in [0.2, 0.25) is 11.4 Å². The van der Waals surface area contributed by atoms with Crippen molar-refractivity contribution in [1.29, 1.82) is 0 Å². The van der Waals surface area contributed by atoms with Gasteiger partial charge in [0.05, 0.1) is 5.69 Å². The Bertz CT molecular complexity index is 2010. The maximum atomic E-state index is 11.6. The third-order valence-corrected chi connectivity index (χ3v) is 7.54. The molecule has 232 valence electrons. The minimum atomic E-state index is -1.51. The number of aryl methyl sites for hydroxylation is 2. The average molecular weight is 620 g/mol. The molecule has 0 aliphatic heterocycles. The van der Waals surface area contributed by atoms with Crippen molar-refractivity contribution in [1.82, 2.24) is 24.1 Å². The SMILES string of the molecule is CC(=O)Nc1cn(C)c2c(NCc3ccc(B(O)O[n+]4cnc(NCc5ccc(B(O)O)cc5)c5c4ccn5C)cc3)ncnc12. The highest BCUT2D eigenvalue weighted by molar-refractivity contribution is 6.60. The Morgan fingerprint density at radius 1 is 0.848 bits per heavy atom. The molecule has 0 radical (unpaired) electrons. The van der Waals surface area contributed by atoms with Gasteiger partial charge >= 0.3 is 20.6 Å². The molecule has 6 rings (SSSR count). The highest BCUT2D eigenvalue weighted by atomic mass is 16.7. The Balaban J connectivity index is 1.12. The summed E-state index contributed by atoms with van der Waals surface area (Å²) in [6.07, 6.45) is 6.64. The molecule has 0 bridgehead atoms. The first kappa shape index (κ1) is 30.6. The summed E-state index contributed by atoms with van der Waals surface area (Å²) in [7, 11) is 0.997. The van der Waals surface area contributed by atoms with Gasteiger partial charge in [-0.2, -0.15) is 0 Å². The van der Waals surface area contributed by atoms with E-state index in [-0.39, 0.29) is 5.91 Å². The molecule has 2 aromatic carbocycles. The van der Waals surface area contributed by atoms with Crippen LogP contribution in [0.4, 0.5) is 17.3 Å². The molecule has 16 heteroatoms. The topological polar surface area (TPSA) is 175 Å². The molecule has 0 aliphatic rings. The summed E-state index contributed by atoms with van der Waals surface area (Å²) in [5.74, 6) is 1.08. The number of aromatic nitrogens is 6. The average Bonchev–Trinajstić information content (AvgIpc) is 3.59. The normalized spacial score (nSPS) is 11.1. The van der Waals surface area contributed by atoms with Gasteiger partial charge in [-0.05, 0) is 21.6 Å². The van der Waals surface area contributed by atoms with Crippen LogP contribution >= 0.6 is 0 Å². The van der Waals surface area contributed by atoms with Gasteiger partial charge in [0.15, 0.2) is 11.3 Å². The van der Waals surface area contributed by atoms with Crippen LogP contribution in [-0.2, 0) is 32.0 Å². The number of hydrogen-bond acceptors (Lipinski definition) is 10. The highest BCUT2D eigenvalue weighted by Crippen LogP contribution is 2.28. The molecule has 4 heterocycles. The van der Waals surface area contributed by atoms with E-state index in [0.29, 0.717) is 52.4 Å². The Kier molecular flexibility index (Phi) is 8.57. The molecular formula is C30H32B2N9O5+. The van der Waals surface area contributed by atoms with Crippen molar-refractivity contribution < 1.29 is 29.4 Å². The fourth-order valence-electron chi connectivity index (χ4n) is 5.22.